The summed E-state index contributed by atoms with van der Waals surface area (Å²) in [6.07, 6.45) is 3.87. The largest absolute Gasteiger partial charge is 0.494 e. The molecule has 1 amide bonds. The second-order valence-electron chi connectivity index (χ2n) is 9.79. The summed E-state index contributed by atoms with van der Waals surface area (Å²) in [5.41, 5.74) is 9.06. The maximum absolute atomic E-state index is 12.8. The maximum Gasteiger partial charge on any atom is 0.250 e. The lowest BCUT2D eigenvalue weighted by Gasteiger charge is -2.30. The van der Waals surface area contributed by atoms with E-state index in [9.17, 15) is 19.8 Å². The van der Waals surface area contributed by atoms with Gasteiger partial charge in [-0.2, -0.15) is 0 Å². The Morgan fingerprint density at radius 2 is 1.87 bits per heavy atom. The topological polar surface area (TPSA) is 118 Å². The predicted octanol–water partition coefficient (Wildman–Crippen LogP) is 3.46. The van der Waals surface area contributed by atoms with Gasteiger partial charge >= 0.3 is 0 Å². The molecule has 1 aromatic carbocycles. The molecule has 31 heavy (non-hydrogen) atoms. The molecule has 2 aliphatic rings. The standard InChI is InChI=1S/C24H31N3O4/c1-13-21-19(11-24(2,3)12-20(21)29)27(23(13)31)15-6-9-17(22(25)30)18(10-15)26-14-4-7-16(28)8-5-14/h6,9-10,14,16,26,28,31H,4-5,7-8,11-12H2,1-3H3,(H2,25,30). The quantitative estimate of drug-likeness (QED) is 0.598. The second kappa shape index (κ2) is 7.71. The van der Waals surface area contributed by atoms with Gasteiger partial charge in [0.1, 0.15) is 0 Å². The van der Waals surface area contributed by atoms with Crippen molar-refractivity contribution >= 4 is 17.4 Å². The molecule has 7 nitrogen and oxygen atoms in total. The number of fused-ring (bicyclic) bond motifs is 1. The number of Topliss-reactive ketones (excluding diaryl/α,β-unsaturated/α-hetero) is 1. The van der Waals surface area contributed by atoms with Crippen molar-refractivity contribution in [3.8, 4) is 11.6 Å². The van der Waals surface area contributed by atoms with Crippen molar-refractivity contribution < 1.29 is 19.8 Å². The fourth-order valence-corrected chi connectivity index (χ4v) is 5.04. The number of primary amides is 1. The zero-order valence-corrected chi connectivity index (χ0v) is 18.4. The Labute approximate surface area is 182 Å². The first-order chi connectivity index (χ1) is 14.6. The second-order valence-corrected chi connectivity index (χ2v) is 9.79. The first-order valence-corrected chi connectivity index (χ1v) is 10.9. The fraction of sp³-hybridized carbons (Fsp3) is 0.500. The maximum atomic E-state index is 12.8. The van der Waals surface area contributed by atoms with Crippen LogP contribution in [-0.2, 0) is 6.42 Å². The van der Waals surface area contributed by atoms with Crippen LogP contribution in [-0.4, -0.2) is 38.6 Å². The number of aliphatic hydroxyl groups excluding tert-OH is 1. The number of carbonyl (C=O) groups is 2. The average molecular weight is 426 g/mol. The van der Waals surface area contributed by atoms with Gasteiger partial charge < -0.3 is 21.3 Å². The molecule has 0 bridgehead atoms. The molecule has 0 unspecified atom stereocenters. The third-order valence-corrected chi connectivity index (χ3v) is 6.63. The Morgan fingerprint density at radius 3 is 2.52 bits per heavy atom. The van der Waals surface area contributed by atoms with Gasteiger partial charge in [-0.25, -0.2) is 0 Å². The Balaban J connectivity index is 1.78. The molecule has 166 valence electrons. The first-order valence-electron chi connectivity index (χ1n) is 10.9. The molecule has 2 aliphatic carbocycles. The molecule has 0 aliphatic heterocycles. The number of nitrogens with two attached hydrogens (primary N) is 1. The number of aliphatic hydroxyl groups is 1. The number of ketones is 1. The molecule has 2 aromatic rings. The molecule has 0 atom stereocenters. The number of anilines is 1. The van der Waals surface area contributed by atoms with Crippen LogP contribution < -0.4 is 11.1 Å². The highest BCUT2D eigenvalue weighted by molar-refractivity contribution is 6.01. The van der Waals surface area contributed by atoms with Crippen LogP contribution in [0.5, 0.6) is 5.88 Å². The highest BCUT2D eigenvalue weighted by atomic mass is 16.3. The van der Waals surface area contributed by atoms with E-state index in [1.54, 1.807) is 23.6 Å². The molecular weight excluding hydrogens is 394 g/mol. The number of nitrogens with one attached hydrogen (secondary N) is 1. The number of aromatic hydroxyl groups is 1. The number of carbonyl (C=O) groups excluding carboxylic acids is 2. The smallest absolute Gasteiger partial charge is 0.250 e. The Morgan fingerprint density at radius 1 is 1.19 bits per heavy atom. The number of aromatic nitrogens is 1. The van der Waals surface area contributed by atoms with Crippen LogP contribution in [0.15, 0.2) is 18.2 Å². The molecule has 1 heterocycles. The van der Waals surface area contributed by atoms with Gasteiger partial charge in [0, 0.05) is 35.0 Å². The van der Waals surface area contributed by atoms with Gasteiger partial charge in [-0.15, -0.1) is 0 Å². The molecule has 0 radical (unpaired) electrons. The fourth-order valence-electron chi connectivity index (χ4n) is 5.04. The van der Waals surface area contributed by atoms with E-state index in [0.717, 1.165) is 18.5 Å². The third kappa shape index (κ3) is 3.94. The summed E-state index contributed by atoms with van der Waals surface area (Å²) in [7, 11) is 0. The lowest BCUT2D eigenvalue weighted by atomic mass is 9.75. The van der Waals surface area contributed by atoms with E-state index in [4.69, 9.17) is 5.73 Å². The number of hydrogen-bond donors (Lipinski definition) is 4. The van der Waals surface area contributed by atoms with Crippen molar-refractivity contribution in [2.75, 3.05) is 5.32 Å². The highest BCUT2D eigenvalue weighted by Gasteiger charge is 2.37. The van der Waals surface area contributed by atoms with Crippen LogP contribution in [0.25, 0.3) is 5.69 Å². The number of nitrogens with zero attached hydrogens (tertiary/aromatic N) is 1. The van der Waals surface area contributed by atoms with Crippen molar-refractivity contribution in [3.05, 3.63) is 40.6 Å². The number of amides is 1. The number of benzene rings is 1. The molecular formula is C24H31N3O4. The van der Waals surface area contributed by atoms with Gasteiger partial charge in [0.2, 0.25) is 0 Å². The molecule has 1 saturated carbocycles. The van der Waals surface area contributed by atoms with Gasteiger partial charge in [0.25, 0.3) is 5.91 Å². The summed E-state index contributed by atoms with van der Waals surface area (Å²) in [5.74, 6) is -0.434. The van der Waals surface area contributed by atoms with Crippen LogP contribution in [0.1, 0.15) is 77.9 Å². The van der Waals surface area contributed by atoms with E-state index < -0.39 is 5.91 Å². The lowest BCUT2D eigenvalue weighted by Crippen LogP contribution is -2.29. The van der Waals surface area contributed by atoms with Crippen LogP contribution in [0, 0.1) is 12.3 Å². The Kier molecular flexibility index (Phi) is 5.33. The van der Waals surface area contributed by atoms with Gasteiger partial charge in [-0.1, -0.05) is 13.8 Å². The minimum absolute atomic E-state index is 0.0469. The SMILES string of the molecule is Cc1c2c(n(-c3ccc(C(N)=O)c(NC4CCC(O)CC4)c3)c1O)CC(C)(C)CC2=O. The molecule has 1 aromatic heterocycles. The predicted molar refractivity (Wildman–Crippen MR) is 119 cm³/mol. The van der Waals surface area contributed by atoms with Gasteiger partial charge in [0.15, 0.2) is 11.7 Å². The Bertz CT molecular complexity index is 1050. The van der Waals surface area contributed by atoms with Crippen molar-refractivity contribution in [1.29, 1.82) is 0 Å². The van der Waals surface area contributed by atoms with Gasteiger partial charge in [0.05, 0.1) is 17.4 Å². The van der Waals surface area contributed by atoms with E-state index in [1.807, 2.05) is 6.07 Å². The minimum Gasteiger partial charge on any atom is -0.494 e. The average Bonchev–Trinajstić information content (AvgIpc) is 2.92. The van der Waals surface area contributed by atoms with E-state index >= 15 is 0 Å². The van der Waals surface area contributed by atoms with E-state index in [2.05, 4.69) is 19.2 Å². The lowest BCUT2D eigenvalue weighted by molar-refractivity contribution is 0.0909. The molecule has 7 heteroatoms. The zero-order chi connectivity index (χ0) is 22.5. The van der Waals surface area contributed by atoms with Crippen LogP contribution >= 0.6 is 0 Å². The molecule has 0 spiro atoms. The summed E-state index contributed by atoms with van der Waals surface area (Å²) in [5, 5.41) is 24.1. The monoisotopic (exact) mass is 425 g/mol. The van der Waals surface area contributed by atoms with Crippen LogP contribution in [0.3, 0.4) is 0 Å². The summed E-state index contributed by atoms with van der Waals surface area (Å²) in [6, 6.07) is 5.36. The van der Waals surface area contributed by atoms with E-state index in [-0.39, 0.29) is 29.2 Å². The van der Waals surface area contributed by atoms with Crippen molar-refractivity contribution in [1.82, 2.24) is 4.57 Å². The minimum atomic E-state index is -0.531. The van der Waals surface area contributed by atoms with Crippen LogP contribution in [0.2, 0.25) is 0 Å². The van der Waals surface area contributed by atoms with Crippen LogP contribution in [0.4, 0.5) is 5.69 Å². The zero-order valence-electron chi connectivity index (χ0n) is 18.4. The summed E-state index contributed by atoms with van der Waals surface area (Å²) < 4.78 is 1.73. The van der Waals surface area contributed by atoms with Crippen molar-refractivity contribution in [2.24, 2.45) is 11.1 Å². The number of rotatable bonds is 4. The summed E-state index contributed by atoms with van der Waals surface area (Å²) >= 11 is 0. The molecule has 5 N–H and O–H groups in total. The van der Waals surface area contributed by atoms with Crippen molar-refractivity contribution in [3.63, 3.8) is 0 Å². The highest BCUT2D eigenvalue weighted by Crippen LogP contribution is 2.42. The first kappa shape index (κ1) is 21.4. The molecule has 1 fully saturated rings. The Hall–Kier alpha value is -2.80. The number of hydrogen-bond acceptors (Lipinski definition) is 5. The summed E-state index contributed by atoms with van der Waals surface area (Å²) in [6.45, 7) is 5.88. The van der Waals surface area contributed by atoms with Gasteiger partial charge in [-0.3, -0.25) is 14.2 Å². The van der Waals surface area contributed by atoms with Crippen molar-refractivity contribution in [2.45, 2.75) is 71.4 Å². The van der Waals surface area contributed by atoms with E-state index in [0.29, 0.717) is 53.7 Å². The molecule has 4 rings (SSSR count). The third-order valence-electron chi connectivity index (χ3n) is 6.63. The summed E-state index contributed by atoms with van der Waals surface area (Å²) in [4.78, 5) is 24.8. The normalized spacial score (nSPS) is 22.8. The molecule has 0 saturated heterocycles. The van der Waals surface area contributed by atoms with Gasteiger partial charge in [-0.05, 0) is 62.6 Å². The van der Waals surface area contributed by atoms with E-state index in [1.165, 1.54) is 0 Å².